The first-order valence-corrected chi connectivity index (χ1v) is 9.43. The van der Waals surface area contributed by atoms with Gasteiger partial charge in [-0.3, -0.25) is 0 Å². The molecular weight excluding hydrogens is 284 g/mol. The molecule has 1 saturated carbocycles. The predicted octanol–water partition coefficient (Wildman–Crippen LogP) is 1.62. The summed E-state index contributed by atoms with van der Waals surface area (Å²) in [6.45, 7) is 1.38. The summed E-state index contributed by atoms with van der Waals surface area (Å²) in [6.07, 6.45) is 3.69. The number of nitrogens with two attached hydrogens (primary N) is 1. The molecule has 21 heavy (non-hydrogen) atoms. The van der Waals surface area contributed by atoms with E-state index in [1.807, 2.05) is 30.3 Å². The van der Waals surface area contributed by atoms with Gasteiger partial charge in [0.05, 0.1) is 5.75 Å². The van der Waals surface area contributed by atoms with Gasteiger partial charge in [-0.05, 0) is 43.1 Å². The van der Waals surface area contributed by atoms with Crippen molar-refractivity contribution in [3.63, 3.8) is 0 Å². The van der Waals surface area contributed by atoms with Gasteiger partial charge in [0.1, 0.15) is 0 Å². The Balaban J connectivity index is 1.61. The molecule has 1 heterocycles. The Morgan fingerprint density at radius 1 is 1.10 bits per heavy atom. The maximum Gasteiger partial charge on any atom is 0.214 e. The lowest BCUT2D eigenvalue weighted by Gasteiger charge is -2.28. The second-order valence-electron chi connectivity index (χ2n) is 6.46. The molecule has 0 amide bonds. The Morgan fingerprint density at radius 2 is 1.81 bits per heavy atom. The average molecular weight is 308 g/mol. The van der Waals surface area contributed by atoms with Gasteiger partial charge in [-0.1, -0.05) is 30.3 Å². The van der Waals surface area contributed by atoms with Crippen molar-refractivity contribution in [3.05, 3.63) is 35.9 Å². The smallest absolute Gasteiger partial charge is 0.214 e. The van der Waals surface area contributed by atoms with Crippen LogP contribution in [-0.4, -0.2) is 37.6 Å². The van der Waals surface area contributed by atoms with Crippen LogP contribution in [0.15, 0.2) is 30.3 Å². The summed E-state index contributed by atoms with van der Waals surface area (Å²) < 4.78 is 26.8. The Kier molecular flexibility index (Phi) is 4.33. The van der Waals surface area contributed by atoms with E-state index in [9.17, 15) is 8.42 Å². The molecule has 1 unspecified atom stereocenters. The minimum Gasteiger partial charge on any atom is -0.328 e. The first-order chi connectivity index (χ1) is 10.0. The van der Waals surface area contributed by atoms with Crippen molar-refractivity contribution >= 4 is 10.0 Å². The molecule has 1 aliphatic carbocycles. The van der Waals surface area contributed by atoms with Gasteiger partial charge in [0.25, 0.3) is 0 Å². The van der Waals surface area contributed by atoms with Gasteiger partial charge in [0.15, 0.2) is 0 Å². The summed E-state index contributed by atoms with van der Waals surface area (Å²) in [5, 5.41) is 0. The van der Waals surface area contributed by atoms with Crippen molar-refractivity contribution < 1.29 is 8.42 Å². The summed E-state index contributed by atoms with van der Waals surface area (Å²) in [4.78, 5) is 0. The van der Waals surface area contributed by atoms with Crippen LogP contribution in [0.2, 0.25) is 0 Å². The van der Waals surface area contributed by atoms with E-state index in [4.69, 9.17) is 5.73 Å². The number of rotatable bonds is 4. The monoisotopic (exact) mass is 308 g/mol. The molecule has 5 heteroatoms. The predicted molar refractivity (Wildman–Crippen MR) is 84.3 cm³/mol. The fourth-order valence-electron chi connectivity index (χ4n) is 3.67. The van der Waals surface area contributed by atoms with Crippen molar-refractivity contribution in [2.24, 2.45) is 17.6 Å². The lowest BCUT2D eigenvalue weighted by atomic mass is 9.79. The van der Waals surface area contributed by atoms with Crippen LogP contribution in [0.5, 0.6) is 0 Å². The number of aryl methyl sites for hydroxylation is 1. The van der Waals surface area contributed by atoms with Gasteiger partial charge >= 0.3 is 0 Å². The summed E-state index contributed by atoms with van der Waals surface area (Å²) >= 11 is 0. The third-order valence-corrected chi connectivity index (χ3v) is 6.75. The minimum atomic E-state index is -3.14. The summed E-state index contributed by atoms with van der Waals surface area (Å²) in [6, 6.07) is 10.1. The zero-order valence-electron chi connectivity index (χ0n) is 12.3. The second-order valence-corrected chi connectivity index (χ2v) is 8.55. The molecule has 3 rings (SSSR count). The SMILES string of the molecule is NC1CC[C@@H]2CN(S(=O)(=O)CCc3ccccc3)C[C@@H]2C1. The molecule has 0 bridgehead atoms. The number of sulfonamides is 1. The van der Waals surface area contributed by atoms with Gasteiger partial charge in [0, 0.05) is 19.1 Å². The third-order valence-electron chi connectivity index (χ3n) is 4.94. The van der Waals surface area contributed by atoms with Gasteiger partial charge in [0.2, 0.25) is 10.0 Å². The molecule has 2 aliphatic rings. The largest absolute Gasteiger partial charge is 0.328 e. The van der Waals surface area contributed by atoms with E-state index in [2.05, 4.69) is 0 Å². The highest BCUT2D eigenvalue weighted by atomic mass is 32.2. The highest BCUT2D eigenvalue weighted by Gasteiger charge is 2.40. The molecule has 0 radical (unpaired) electrons. The number of benzene rings is 1. The lowest BCUT2D eigenvalue weighted by Crippen LogP contribution is -2.33. The van der Waals surface area contributed by atoms with Gasteiger partial charge in [-0.2, -0.15) is 0 Å². The van der Waals surface area contributed by atoms with Crippen molar-refractivity contribution in [3.8, 4) is 0 Å². The third kappa shape index (κ3) is 3.47. The van der Waals surface area contributed by atoms with E-state index in [1.54, 1.807) is 4.31 Å². The summed E-state index contributed by atoms with van der Waals surface area (Å²) in [5.74, 6) is 1.21. The maximum atomic E-state index is 12.5. The summed E-state index contributed by atoms with van der Waals surface area (Å²) in [7, 11) is -3.14. The molecule has 2 N–H and O–H groups in total. The van der Waals surface area contributed by atoms with Crippen molar-refractivity contribution in [1.82, 2.24) is 4.31 Å². The van der Waals surface area contributed by atoms with Gasteiger partial charge < -0.3 is 5.73 Å². The van der Waals surface area contributed by atoms with E-state index in [-0.39, 0.29) is 11.8 Å². The fourth-order valence-corrected chi connectivity index (χ4v) is 5.26. The molecule has 1 aromatic carbocycles. The minimum absolute atomic E-state index is 0.211. The summed E-state index contributed by atoms with van der Waals surface area (Å²) in [5.41, 5.74) is 7.09. The quantitative estimate of drug-likeness (QED) is 0.919. The topological polar surface area (TPSA) is 63.4 Å². The van der Waals surface area contributed by atoms with Gasteiger partial charge in [-0.25, -0.2) is 12.7 Å². The second kappa shape index (κ2) is 6.07. The Morgan fingerprint density at radius 3 is 2.57 bits per heavy atom. The zero-order valence-corrected chi connectivity index (χ0v) is 13.1. The van der Waals surface area contributed by atoms with E-state index >= 15 is 0 Å². The molecule has 0 spiro atoms. The lowest BCUT2D eigenvalue weighted by molar-refractivity contribution is 0.271. The Labute approximate surface area is 127 Å². The van der Waals surface area contributed by atoms with Crippen LogP contribution in [0.25, 0.3) is 0 Å². The zero-order chi connectivity index (χ0) is 14.9. The van der Waals surface area contributed by atoms with Crippen LogP contribution in [0.1, 0.15) is 24.8 Å². The van der Waals surface area contributed by atoms with E-state index < -0.39 is 10.0 Å². The van der Waals surface area contributed by atoms with Gasteiger partial charge in [-0.15, -0.1) is 0 Å². The van der Waals surface area contributed by atoms with E-state index in [0.717, 1.165) is 24.8 Å². The highest BCUT2D eigenvalue weighted by molar-refractivity contribution is 7.89. The molecular formula is C16H24N2O2S. The molecule has 4 nitrogen and oxygen atoms in total. The standard InChI is InChI=1S/C16H24N2O2S/c17-16-7-6-14-11-18(12-15(14)10-16)21(19,20)9-8-13-4-2-1-3-5-13/h1-5,14-16H,6-12,17H2/t14-,15+,16?/m1/s1. The normalized spacial score (nSPS) is 30.2. The van der Waals surface area contributed by atoms with E-state index in [1.165, 1.54) is 0 Å². The first-order valence-electron chi connectivity index (χ1n) is 7.82. The van der Waals surface area contributed by atoms with Crippen molar-refractivity contribution in [1.29, 1.82) is 0 Å². The molecule has 116 valence electrons. The number of nitrogens with zero attached hydrogens (tertiary/aromatic N) is 1. The Bertz CT molecular complexity index is 573. The molecule has 1 aromatic rings. The van der Waals surface area contributed by atoms with Crippen LogP contribution in [0.3, 0.4) is 0 Å². The van der Waals surface area contributed by atoms with Crippen LogP contribution < -0.4 is 5.73 Å². The number of hydrogen-bond acceptors (Lipinski definition) is 3. The van der Waals surface area contributed by atoms with Crippen molar-refractivity contribution in [2.45, 2.75) is 31.7 Å². The van der Waals surface area contributed by atoms with Crippen LogP contribution in [0.4, 0.5) is 0 Å². The van der Waals surface area contributed by atoms with Crippen LogP contribution in [-0.2, 0) is 16.4 Å². The van der Waals surface area contributed by atoms with Crippen LogP contribution >= 0.6 is 0 Å². The Hall–Kier alpha value is -0.910. The molecule has 1 aliphatic heterocycles. The molecule has 0 aromatic heterocycles. The highest BCUT2D eigenvalue weighted by Crippen LogP contribution is 2.36. The van der Waals surface area contributed by atoms with E-state index in [0.29, 0.717) is 31.3 Å². The average Bonchev–Trinajstić information content (AvgIpc) is 2.90. The number of hydrogen-bond donors (Lipinski definition) is 1. The molecule has 3 atom stereocenters. The molecule has 1 saturated heterocycles. The van der Waals surface area contributed by atoms with Crippen molar-refractivity contribution in [2.75, 3.05) is 18.8 Å². The first kappa shape index (κ1) is 15.0. The molecule has 2 fully saturated rings. The van der Waals surface area contributed by atoms with Crippen LogP contribution in [0, 0.1) is 11.8 Å². The number of fused-ring (bicyclic) bond motifs is 1. The fraction of sp³-hybridized carbons (Fsp3) is 0.625. The maximum absolute atomic E-state index is 12.5.